The summed E-state index contributed by atoms with van der Waals surface area (Å²) in [5.41, 5.74) is -0.728. The highest BCUT2D eigenvalue weighted by atomic mass is 19.1. The van der Waals surface area contributed by atoms with Gasteiger partial charge in [0.25, 0.3) is 5.91 Å². The van der Waals surface area contributed by atoms with Crippen molar-refractivity contribution in [1.29, 1.82) is 0 Å². The Labute approximate surface area is 159 Å². The van der Waals surface area contributed by atoms with E-state index in [1.165, 1.54) is 19.1 Å². The number of hydrogen-bond acceptors (Lipinski definition) is 7. The SMILES string of the molecule is CCOc1ccc(C(=O)Nc2nc(=O)n([C@@H]3O[C@H](C)[C@@H](O)[C@H]3O)cc2F)cc1. The molecule has 1 aromatic heterocycles. The Kier molecular flexibility index (Phi) is 5.73. The summed E-state index contributed by atoms with van der Waals surface area (Å²) in [7, 11) is 0. The predicted octanol–water partition coefficient (Wildman–Crippen LogP) is 0.672. The summed E-state index contributed by atoms with van der Waals surface area (Å²) in [6.07, 6.45) is -3.90. The van der Waals surface area contributed by atoms with Crippen LogP contribution in [0, 0.1) is 5.82 Å². The van der Waals surface area contributed by atoms with E-state index in [2.05, 4.69) is 10.3 Å². The minimum atomic E-state index is -1.42. The van der Waals surface area contributed by atoms with Gasteiger partial charge in [0.1, 0.15) is 18.0 Å². The number of aliphatic hydroxyl groups excluding tert-OH is 2. The zero-order chi connectivity index (χ0) is 20.4. The zero-order valence-electron chi connectivity index (χ0n) is 15.2. The molecule has 1 aliphatic rings. The monoisotopic (exact) mass is 393 g/mol. The highest BCUT2D eigenvalue weighted by Crippen LogP contribution is 2.28. The van der Waals surface area contributed by atoms with Gasteiger partial charge in [-0.25, -0.2) is 9.18 Å². The molecule has 10 heteroatoms. The normalized spacial score (nSPS) is 24.2. The first-order chi connectivity index (χ1) is 13.3. The summed E-state index contributed by atoms with van der Waals surface area (Å²) in [4.78, 5) is 28.0. The quantitative estimate of drug-likeness (QED) is 0.682. The second kappa shape index (κ2) is 8.05. The summed E-state index contributed by atoms with van der Waals surface area (Å²) in [6.45, 7) is 3.81. The maximum atomic E-state index is 14.4. The number of anilines is 1. The van der Waals surface area contributed by atoms with Gasteiger partial charge in [-0.2, -0.15) is 4.98 Å². The zero-order valence-corrected chi connectivity index (χ0v) is 15.2. The molecular weight excluding hydrogens is 373 g/mol. The molecule has 3 rings (SSSR count). The standard InChI is InChI=1S/C18H20FN3O6/c1-3-27-11-6-4-10(5-7-11)16(25)20-15-12(19)8-22(18(26)21-15)17-14(24)13(23)9(2)28-17/h4-9,13-14,17,23-24H,3H2,1-2H3,(H,20,21,25,26)/t9-,13-,14-,17-/m1/s1. The summed E-state index contributed by atoms with van der Waals surface area (Å²) in [6, 6.07) is 6.16. The molecule has 0 radical (unpaired) electrons. The van der Waals surface area contributed by atoms with Crippen LogP contribution in [0.4, 0.5) is 10.2 Å². The van der Waals surface area contributed by atoms with Crippen LogP contribution >= 0.6 is 0 Å². The molecule has 0 bridgehead atoms. The van der Waals surface area contributed by atoms with Gasteiger partial charge in [-0.05, 0) is 38.1 Å². The Morgan fingerprint density at radius 2 is 2.00 bits per heavy atom. The van der Waals surface area contributed by atoms with Crippen molar-refractivity contribution in [3.63, 3.8) is 0 Å². The Morgan fingerprint density at radius 3 is 2.57 bits per heavy atom. The van der Waals surface area contributed by atoms with E-state index in [4.69, 9.17) is 9.47 Å². The summed E-state index contributed by atoms with van der Waals surface area (Å²) in [5.74, 6) is -1.63. The fourth-order valence-electron chi connectivity index (χ4n) is 2.82. The van der Waals surface area contributed by atoms with E-state index in [-0.39, 0.29) is 5.56 Å². The van der Waals surface area contributed by atoms with Crippen molar-refractivity contribution >= 4 is 11.7 Å². The minimum absolute atomic E-state index is 0.223. The van der Waals surface area contributed by atoms with Crippen molar-refractivity contribution in [3.8, 4) is 5.75 Å². The highest BCUT2D eigenvalue weighted by Gasteiger charge is 2.42. The highest BCUT2D eigenvalue weighted by molar-refractivity contribution is 6.03. The molecule has 1 aromatic carbocycles. The van der Waals surface area contributed by atoms with Gasteiger partial charge >= 0.3 is 5.69 Å². The van der Waals surface area contributed by atoms with Crippen LogP contribution in [-0.2, 0) is 4.74 Å². The number of ether oxygens (including phenoxy) is 2. The smallest absolute Gasteiger partial charge is 0.351 e. The molecular formula is C18H20FN3O6. The Morgan fingerprint density at radius 1 is 1.32 bits per heavy atom. The van der Waals surface area contributed by atoms with E-state index >= 15 is 0 Å². The molecule has 1 fully saturated rings. The number of nitrogens with zero attached hydrogens (tertiary/aromatic N) is 2. The third-order valence-electron chi connectivity index (χ3n) is 4.32. The van der Waals surface area contributed by atoms with Crippen molar-refractivity contribution in [2.24, 2.45) is 0 Å². The summed E-state index contributed by atoms with van der Waals surface area (Å²) in [5, 5.41) is 21.9. The van der Waals surface area contributed by atoms with Crippen LogP contribution in [0.3, 0.4) is 0 Å². The number of hydrogen-bond donors (Lipinski definition) is 3. The molecule has 9 nitrogen and oxygen atoms in total. The van der Waals surface area contributed by atoms with Crippen molar-refractivity contribution in [3.05, 3.63) is 52.3 Å². The number of carbonyl (C=O) groups is 1. The molecule has 0 unspecified atom stereocenters. The van der Waals surface area contributed by atoms with Gasteiger partial charge in [-0.3, -0.25) is 9.36 Å². The topological polar surface area (TPSA) is 123 Å². The number of aliphatic hydroxyl groups is 2. The molecule has 4 atom stereocenters. The Balaban J connectivity index is 1.79. The van der Waals surface area contributed by atoms with E-state index in [0.717, 1.165) is 10.8 Å². The van der Waals surface area contributed by atoms with Gasteiger partial charge in [-0.15, -0.1) is 0 Å². The molecule has 1 saturated heterocycles. The van der Waals surface area contributed by atoms with Crippen LogP contribution in [0.5, 0.6) is 5.75 Å². The fourth-order valence-corrected chi connectivity index (χ4v) is 2.82. The van der Waals surface area contributed by atoms with Crippen LogP contribution in [0.25, 0.3) is 0 Å². The lowest BCUT2D eigenvalue weighted by Gasteiger charge is -2.17. The lowest BCUT2D eigenvalue weighted by molar-refractivity contribution is -0.0355. The van der Waals surface area contributed by atoms with E-state index < -0.39 is 47.8 Å². The largest absolute Gasteiger partial charge is 0.494 e. The number of benzene rings is 1. The number of aromatic nitrogens is 2. The molecule has 28 heavy (non-hydrogen) atoms. The van der Waals surface area contributed by atoms with Crippen molar-refractivity contribution in [1.82, 2.24) is 9.55 Å². The molecule has 1 aliphatic heterocycles. The number of nitrogens with one attached hydrogen (secondary N) is 1. The molecule has 2 aromatic rings. The molecule has 3 N–H and O–H groups in total. The van der Waals surface area contributed by atoms with Gasteiger partial charge in [0.15, 0.2) is 17.9 Å². The molecule has 1 amide bonds. The van der Waals surface area contributed by atoms with E-state index in [1.54, 1.807) is 12.1 Å². The van der Waals surface area contributed by atoms with Crippen LogP contribution in [0.2, 0.25) is 0 Å². The predicted molar refractivity (Wildman–Crippen MR) is 95.6 cm³/mol. The molecule has 0 aliphatic carbocycles. The molecule has 0 spiro atoms. The average Bonchev–Trinajstić information content (AvgIpc) is 2.92. The number of carbonyl (C=O) groups excluding carboxylic acids is 1. The maximum Gasteiger partial charge on any atom is 0.351 e. The fraction of sp³-hybridized carbons (Fsp3) is 0.389. The third kappa shape index (κ3) is 3.88. The van der Waals surface area contributed by atoms with Crippen LogP contribution in [0.1, 0.15) is 30.4 Å². The van der Waals surface area contributed by atoms with E-state index in [0.29, 0.717) is 12.4 Å². The maximum absolute atomic E-state index is 14.4. The molecule has 150 valence electrons. The first kappa shape index (κ1) is 19.9. The lowest BCUT2D eigenvalue weighted by Crippen LogP contribution is -2.36. The second-order valence-electron chi connectivity index (χ2n) is 6.25. The van der Waals surface area contributed by atoms with Gasteiger partial charge in [0, 0.05) is 5.56 Å². The third-order valence-corrected chi connectivity index (χ3v) is 4.32. The summed E-state index contributed by atoms with van der Waals surface area (Å²) >= 11 is 0. The summed E-state index contributed by atoms with van der Waals surface area (Å²) < 4.78 is 25.7. The van der Waals surface area contributed by atoms with Crippen molar-refractivity contribution in [2.75, 3.05) is 11.9 Å². The minimum Gasteiger partial charge on any atom is -0.494 e. The van der Waals surface area contributed by atoms with Gasteiger partial charge in [0.2, 0.25) is 0 Å². The number of amides is 1. The first-order valence-corrected chi connectivity index (χ1v) is 8.66. The van der Waals surface area contributed by atoms with E-state index in [1.807, 2.05) is 6.92 Å². The average molecular weight is 393 g/mol. The lowest BCUT2D eigenvalue weighted by atomic mass is 10.1. The van der Waals surface area contributed by atoms with Crippen LogP contribution in [0.15, 0.2) is 35.3 Å². The van der Waals surface area contributed by atoms with Crippen LogP contribution in [-0.4, -0.2) is 50.6 Å². The van der Waals surface area contributed by atoms with Crippen molar-refractivity contribution < 1.29 is 28.9 Å². The van der Waals surface area contributed by atoms with Gasteiger partial charge in [-0.1, -0.05) is 0 Å². The first-order valence-electron chi connectivity index (χ1n) is 8.66. The van der Waals surface area contributed by atoms with Gasteiger partial charge in [0.05, 0.1) is 18.9 Å². The Hall–Kier alpha value is -2.82. The second-order valence-corrected chi connectivity index (χ2v) is 6.25. The molecule has 0 saturated carbocycles. The number of halogens is 1. The molecule has 2 heterocycles. The van der Waals surface area contributed by atoms with Crippen LogP contribution < -0.4 is 15.7 Å². The number of rotatable bonds is 5. The Bertz CT molecular complexity index is 917. The van der Waals surface area contributed by atoms with Crippen molar-refractivity contribution in [2.45, 2.75) is 38.4 Å². The van der Waals surface area contributed by atoms with E-state index in [9.17, 15) is 24.2 Å². The van der Waals surface area contributed by atoms with Gasteiger partial charge < -0.3 is 25.0 Å².